The van der Waals surface area contributed by atoms with Crippen molar-refractivity contribution in [2.75, 3.05) is 0 Å². The van der Waals surface area contributed by atoms with Gasteiger partial charge in [0.15, 0.2) is 5.75 Å². The molecule has 0 saturated carbocycles. The largest absolute Gasteiger partial charge is 0.505 e. The minimum absolute atomic E-state index is 0.125. The summed E-state index contributed by atoms with van der Waals surface area (Å²) in [4.78, 5) is 4.77. The first-order valence-electron chi connectivity index (χ1n) is 11.4. The van der Waals surface area contributed by atoms with Crippen LogP contribution < -0.4 is 0 Å². The van der Waals surface area contributed by atoms with Gasteiger partial charge in [-0.15, -0.1) is 10.2 Å². The van der Waals surface area contributed by atoms with Gasteiger partial charge in [0.25, 0.3) is 5.95 Å². The molecule has 0 bridgehead atoms. The van der Waals surface area contributed by atoms with Crippen molar-refractivity contribution in [2.24, 2.45) is 15.5 Å². The number of rotatable bonds is 6. The van der Waals surface area contributed by atoms with Gasteiger partial charge in [0.2, 0.25) is 5.82 Å². The standard InChI is InChI=1S/C24H29Cl2N7O/c1-7-8-9-10-16-13(2)30-32(14(16)3)23-29-28-22-19(21(24(4,5)6)31-33(22)23)27-15-11-17(25)20(34)18(26)12-15/h11-12,34H,7-10H2,1-6H3. The van der Waals surface area contributed by atoms with Crippen molar-refractivity contribution in [3.05, 3.63) is 45.0 Å². The van der Waals surface area contributed by atoms with E-state index in [0.717, 1.165) is 29.9 Å². The van der Waals surface area contributed by atoms with Crippen LogP contribution in [0.3, 0.4) is 0 Å². The molecule has 34 heavy (non-hydrogen) atoms. The summed E-state index contributed by atoms with van der Waals surface area (Å²) in [6.45, 7) is 12.5. The van der Waals surface area contributed by atoms with E-state index in [1.165, 1.54) is 18.4 Å². The van der Waals surface area contributed by atoms with Gasteiger partial charge in [0, 0.05) is 11.1 Å². The van der Waals surface area contributed by atoms with Gasteiger partial charge in [-0.05, 0) is 44.4 Å². The van der Waals surface area contributed by atoms with Crippen LogP contribution >= 0.6 is 23.2 Å². The number of phenols is 1. The Morgan fingerprint density at radius 1 is 1.06 bits per heavy atom. The summed E-state index contributed by atoms with van der Waals surface area (Å²) in [6, 6.07) is 3.11. The van der Waals surface area contributed by atoms with Crippen molar-refractivity contribution >= 4 is 40.3 Å². The molecule has 4 rings (SSSR count). The molecule has 1 aliphatic rings. The SMILES string of the molecule is CCCCCc1c(C)nn(-c2nnc3n2N=C(C(C)(C)C)C3=Nc2cc(Cl)c(O)c(Cl)c2)c1C. The van der Waals surface area contributed by atoms with Crippen LogP contribution in [0.2, 0.25) is 10.0 Å². The van der Waals surface area contributed by atoms with Crippen LogP contribution in [0.1, 0.15) is 69.7 Å². The summed E-state index contributed by atoms with van der Waals surface area (Å²) >= 11 is 12.2. The first-order valence-corrected chi connectivity index (χ1v) is 12.2. The van der Waals surface area contributed by atoms with Crippen molar-refractivity contribution in [1.29, 1.82) is 0 Å². The molecule has 0 unspecified atom stereocenters. The lowest BCUT2D eigenvalue weighted by Gasteiger charge is -2.18. The molecule has 180 valence electrons. The number of aliphatic imine (C=N–C) groups is 1. The van der Waals surface area contributed by atoms with Gasteiger partial charge in [-0.3, -0.25) is 0 Å². The number of hydrogen-bond donors (Lipinski definition) is 1. The van der Waals surface area contributed by atoms with Gasteiger partial charge in [0.1, 0.15) is 5.71 Å². The molecule has 0 aliphatic carbocycles. The predicted octanol–water partition coefficient (Wildman–Crippen LogP) is 6.21. The lowest BCUT2D eigenvalue weighted by molar-refractivity contribution is 0.476. The van der Waals surface area contributed by atoms with Gasteiger partial charge in [-0.25, -0.2) is 9.67 Å². The minimum atomic E-state index is -0.318. The van der Waals surface area contributed by atoms with E-state index in [9.17, 15) is 5.11 Å². The molecule has 0 saturated heterocycles. The zero-order valence-corrected chi connectivity index (χ0v) is 21.8. The number of aromatic hydroxyl groups is 1. The van der Waals surface area contributed by atoms with Crippen molar-refractivity contribution in [3.63, 3.8) is 0 Å². The Bertz CT molecular complexity index is 1290. The van der Waals surface area contributed by atoms with Crippen molar-refractivity contribution in [3.8, 4) is 11.7 Å². The van der Waals surface area contributed by atoms with Crippen LogP contribution in [0.15, 0.2) is 22.2 Å². The summed E-state index contributed by atoms with van der Waals surface area (Å²) in [5.41, 5.74) is 4.78. The third-order valence-corrected chi connectivity index (χ3v) is 6.45. The molecule has 0 fully saturated rings. The van der Waals surface area contributed by atoms with Gasteiger partial charge in [-0.1, -0.05) is 63.7 Å². The lowest BCUT2D eigenvalue weighted by Crippen LogP contribution is -2.27. The summed E-state index contributed by atoms with van der Waals surface area (Å²) in [6.07, 6.45) is 4.48. The van der Waals surface area contributed by atoms with Gasteiger partial charge < -0.3 is 5.11 Å². The summed E-state index contributed by atoms with van der Waals surface area (Å²) in [7, 11) is 0. The highest BCUT2D eigenvalue weighted by Gasteiger charge is 2.36. The van der Waals surface area contributed by atoms with Gasteiger partial charge in [-0.2, -0.15) is 14.9 Å². The first-order chi connectivity index (χ1) is 16.0. The molecular weight excluding hydrogens is 473 g/mol. The Balaban J connectivity index is 1.82. The van der Waals surface area contributed by atoms with Crippen LogP contribution in [0.4, 0.5) is 5.69 Å². The van der Waals surface area contributed by atoms with Crippen LogP contribution in [0, 0.1) is 19.3 Å². The fourth-order valence-electron chi connectivity index (χ4n) is 4.03. The topological polar surface area (TPSA) is 93.5 Å². The second-order valence-corrected chi connectivity index (χ2v) is 10.4. The molecule has 8 nitrogen and oxygen atoms in total. The van der Waals surface area contributed by atoms with Crippen molar-refractivity contribution < 1.29 is 5.11 Å². The highest BCUT2D eigenvalue weighted by molar-refractivity contribution is 6.50. The lowest BCUT2D eigenvalue weighted by atomic mass is 9.87. The summed E-state index contributed by atoms with van der Waals surface area (Å²) < 4.78 is 3.51. The Morgan fingerprint density at radius 3 is 2.35 bits per heavy atom. The maximum atomic E-state index is 9.91. The molecule has 3 heterocycles. The highest BCUT2D eigenvalue weighted by Crippen LogP contribution is 2.37. The van der Waals surface area contributed by atoms with Crippen LogP contribution in [0.5, 0.6) is 5.75 Å². The van der Waals surface area contributed by atoms with E-state index in [1.54, 1.807) is 16.8 Å². The third kappa shape index (κ3) is 4.36. The molecule has 1 aliphatic heterocycles. The summed E-state index contributed by atoms with van der Waals surface area (Å²) in [5, 5.41) is 28.6. The van der Waals surface area contributed by atoms with E-state index >= 15 is 0 Å². The molecule has 10 heteroatoms. The zero-order chi connectivity index (χ0) is 24.8. The van der Waals surface area contributed by atoms with E-state index in [4.69, 9.17) is 38.4 Å². The van der Waals surface area contributed by atoms with Gasteiger partial charge >= 0.3 is 0 Å². The summed E-state index contributed by atoms with van der Waals surface area (Å²) in [5.74, 6) is 0.861. The Hall–Kier alpha value is -2.71. The van der Waals surface area contributed by atoms with Crippen LogP contribution in [0.25, 0.3) is 5.95 Å². The van der Waals surface area contributed by atoms with Crippen molar-refractivity contribution in [2.45, 2.75) is 67.2 Å². The Morgan fingerprint density at radius 2 is 1.74 bits per heavy atom. The number of halogens is 2. The minimum Gasteiger partial charge on any atom is -0.505 e. The number of fused-ring (bicyclic) bond motifs is 1. The number of unbranched alkanes of at least 4 members (excludes halogenated alkanes) is 2. The molecule has 0 atom stereocenters. The van der Waals surface area contributed by atoms with Gasteiger partial charge in [0.05, 0.1) is 27.1 Å². The predicted molar refractivity (Wildman–Crippen MR) is 136 cm³/mol. The number of aromatic nitrogens is 5. The monoisotopic (exact) mass is 501 g/mol. The number of phenolic OH excluding ortho intramolecular Hbond substituents is 1. The van der Waals surface area contributed by atoms with E-state index < -0.39 is 0 Å². The molecule has 0 spiro atoms. The van der Waals surface area contributed by atoms with Crippen molar-refractivity contribution in [1.82, 2.24) is 24.7 Å². The molecule has 0 amide bonds. The second kappa shape index (κ2) is 9.15. The maximum absolute atomic E-state index is 9.91. The molecule has 2 aromatic heterocycles. The first kappa shape index (κ1) is 24.4. The zero-order valence-electron chi connectivity index (χ0n) is 20.3. The average Bonchev–Trinajstić information content (AvgIpc) is 3.40. The third-order valence-electron chi connectivity index (χ3n) is 5.87. The normalized spacial score (nSPS) is 14.7. The highest BCUT2D eigenvalue weighted by atomic mass is 35.5. The average molecular weight is 502 g/mol. The van der Waals surface area contributed by atoms with E-state index in [0.29, 0.717) is 23.2 Å². The number of nitrogens with zero attached hydrogens (tertiary/aromatic N) is 7. The van der Waals surface area contributed by atoms with Crippen LogP contribution in [-0.4, -0.2) is 41.2 Å². The molecule has 0 radical (unpaired) electrons. The number of benzene rings is 1. The fourth-order valence-corrected chi connectivity index (χ4v) is 4.51. The second-order valence-electron chi connectivity index (χ2n) is 9.57. The maximum Gasteiger partial charge on any atom is 0.273 e. The van der Waals surface area contributed by atoms with E-state index in [-0.39, 0.29) is 21.2 Å². The Kier molecular flexibility index (Phi) is 6.57. The number of hydrogen-bond acceptors (Lipinski definition) is 6. The molecule has 1 N–H and O–H groups in total. The fraction of sp³-hybridized carbons (Fsp3) is 0.458. The quantitative estimate of drug-likeness (QED) is 0.406. The molecule has 1 aromatic carbocycles. The smallest absolute Gasteiger partial charge is 0.273 e. The van der Waals surface area contributed by atoms with E-state index in [1.807, 2.05) is 11.6 Å². The Labute approximate surface area is 209 Å². The molecular formula is C24H29Cl2N7O. The molecule has 3 aromatic rings. The van der Waals surface area contributed by atoms with E-state index in [2.05, 4.69) is 44.8 Å². The van der Waals surface area contributed by atoms with Crippen LogP contribution in [-0.2, 0) is 6.42 Å². The number of aryl methyl sites for hydroxylation is 1.